The number of hydrogen-bond donors (Lipinski definition) is 1. The van der Waals surface area contributed by atoms with Gasteiger partial charge in [0.05, 0.1) is 6.61 Å². The lowest BCUT2D eigenvalue weighted by molar-refractivity contribution is 0.115. The summed E-state index contributed by atoms with van der Waals surface area (Å²) in [6, 6.07) is 7.02. The normalized spacial score (nSPS) is 27.4. The first kappa shape index (κ1) is 14.2. The number of hydrogen-bond acceptors (Lipinski definition) is 3. The predicted octanol–water partition coefficient (Wildman–Crippen LogP) is 2.90. The maximum absolute atomic E-state index is 9.60. The van der Waals surface area contributed by atoms with Gasteiger partial charge in [0.25, 0.3) is 0 Å². The Balaban J connectivity index is 1.85. The SMILES string of the molecule is CC1CN2CCCCC2CN1c1ccc(Cl)cc1CO. The fraction of sp³-hybridized carbons (Fsp3) is 0.625. The van der Waals surface area contributed by atoms with Crippen LogP contribution in [0.5, 0.6) is 0 Å². The smallest absolute Gasteiger partial charge is 0.0702 e. The average Bonchev–Trinajstić information content (AvgIpc) is 2.46. The topological polar surface area (TPSA) is 26.7 Å². The summed E-state index contributed by atoms with van der Waals surface area (Å²) in [7, 11) is 0. The van der Waals surface area contributed by atoms with E-state index in [9.17, 15) is 5.11 Å². The van der Waals surface area contributed by atoms with Crippen molar-refractivity contribution in [2.75, 3.05) is 24.5 Å². The van der Waals surface area contributed by atoms with E-state index in [1.54, 1.807) is 0 Å². The van der Waals surface area contributed by atoms with Gasteiger partial charge in [-0.1, -0.05) is 18.0 Å². The molecule has 1 aromatic rings. The lowest BCUT2D eigenvalue weighted by Crippen LogP contribution is -2.59. The second kappa shape index (κ2) is 5.92. The van der Waals surface area contributed by atoms with Crippen LogP contribution in [0.1, 0.15) is 31.7 Å². The Morgan fingerprint density at radius 1 is 1.30 bits per heavy atom. The molecule has 1 N–H and O–H groups in total. The van der Waals surface area contributed by atoms with Gasteiger partial charge in [-0.25, -0.2) is 0 Å². The highest BCUT2D eigenvalue weighted by Gasteiger charge is 2.33. The highest BCUT2D eigenvalue weighted by Crippen LogP contribution is 2.31. The third kappa shape index (κ3) is 2.67. The zero-order chi connectivity index (χ0) is 14.1. The fourth-order valence-electron chi connectivity index (χ4n) is 3.65. The number of rotatable bonds is 2. The van der Waals surface area contributed by atoms with Crippen molar-refractivity contribution in [1.29, 1.82) is 0 Å². The lowest BCUT2D eigenvalue weighted by atomic mass is 9.96. The first-order valence-corrected chi connectivity index (χ1v) is 7.97. The van der Waals surface area contributed by atoms with E-state index < -0.39 is 0 Å². The number of aliphatic hydroxyl groups is 1. The largest absolute Gasteiger partial charge is 0.392 e. The van der Waals surface area contributed by atoms with Crippen LogP contribution in [-0.2, 0) is 6.61 Å². The van der Waals surface area contributed by atoms with Crippen LogP contribution in [-0.4, -0.2) is 41.7 Å². The Hall–Kier alpha value is -0.770. The first-order chi connectivity index (χ1) is 9.69. The van der Waals surface area contributed by atoms with Crippen molar-refractivity contribution in [2.24, 2.45) is 0 Å². The molecule has 0 aliphatic carbocycles. The molecular formula is C16H23ClN2O. The second-order valence-electron chi connectivity index (χ2n) is 6.08. The Bertz CT molecular complexity index is 480. The van der Waals surface area contributed by atoms with E-state index in [2.05, 4.69) is 22.8 Å². The number of halogens is 1. The molecule has 0 saturated carbocycles. The number of anilines is 1. The third-order valence-corrected chi connectivity index (χ3v) is 4.94. The van der Waals surface area contributed by atoms with Crippen molar-refractivity contribution in [2.45, 2.75) is 44.9 Å². The van der Waals surface area contributed by atoms with Crippen LogP contribution in [0, 0.1) is 0 Å². The van der Waals surface area contributed by atoms with E-state index in [4.69, 9.17) is 11.6 Å². The van der Waals surface area contributed by atoms with Crippen molar-refractivity contribution in [3.05, 3.63) is 28.8 Å². The van der Waals surface area contributed by atoms with Crippen LogP contribution in [0.4, 0.5) is 5.69 Å². The molecular weight excluding hydrogens is 272 g/mol. The molecule has 2 aliphatic heterocycles. The van der Waals surface area contributed by atoms with E-state index in [0.29, 0.717) is 17.1 Å². The molecule has 2 saturated heterocycles. The molecule has 3 nitrogen and oxygen atoms in total. The summed E-state index contributed by atoms with van der Waals surface area (Å²) in [5.41, 5.74) is 2.09. The van der Waals surface area contributed by atoms with Crippen LogP contribution >= 0.6 is 11.6 Å². The fourth-order valence-corrected chi connectivity index (χ4v) is 3.84. The Labute approximate surface area is 126 Å². The van der Waals surface area contributed by atoms with Gasteiger partial charge in [0, 0.05) is 41.4 Å². The molecule has 2 aliphatic rings. The molecule has 0 spiro atoms. The number of piperidine rings is 1. The summed E-state index contributed by atoms with van der Waals surface area (Å²) < 4.78 is 0. The van der Waals surface area contributed by atoms with E-state index in [1.807, 2.05) is 12.1 Å². The zero-order valence-electron chi connectivity index (χ0n) is 12.1. The lowest BCUT2D eigenvalue weighted by Gasteiger charge is -2.48. The Morgan fingerprint density at radius 2 is 2.15 bits per heavy atom. The van der Waals surface area contributed by atoms with Gasteiger partial charge in [-0.05, 0) is 44.5 Å². The van der Waals surface area contributed by atoms with Gasteiger partial charge in [-0.15, -0.1) is 0 Å². The van der Waals surface area contributed by atoms with Crippen LogP contribution in [0.3, 0.4) is 0 Å². The van der Waals surface area contributed by atoms with Gasteiger partial charge in [-0.3, -0.25) is 4.90 Å². The summed E-state index contributed by atoms with van der Waals surface area (Å²) >= 11 is 6.04. The number of aliphatic hydroxyl groups excluding tert-OH is 1. The Kier molecular flexibility index (Phi) is 4.20. The third-order valence-electron chi connectivity index (χ3n) is 4.71. The van der Waals surface area contributed by atoms with Crippen molar-refractivity contribution in [3.63, 3.8) is 0 Å². The number of benzene rings is 1. The van der Waals surface area contributed by atoms with Crippen molar-refractivity contribution < 1.29 is 5.11 Å². The minimum absolute atomic E-state index is 0.0491. The highest BCUT2D eigenvalue weighted by atomic mass is 35.5. The first-order valence-electron chi connectivity index (χ1n) is 7.59. The standard InChI is InChI=1S/C16H23ClN2O/c1-12-9-18-7-3-2-4-15(18)10-19(12)16-6-5-14(17)8-13(16)11-20/h5-6,8,12,15,20H,2-4,7,9-11H2,1H3. The van der Waals surface area contributed by atoms with Gasteiger partial charge >= 0.3 is 0 Å². The van der Waals surface area contributed by atoms with Crippen molar-refractivity contribution in [1.82, 2.24) is 4.90 Å². The molecule has 0 radical (unpaired) electrons. The van der Waals surface area contributed by atoms with Crippen LogP contribution in [0.15, 0.2) is 18.2 Å². The van der Waals surface area contributed by atoms with Crippen LogP contribution in [0.25, 0.3) is 0 Å². The van der Waals surface area contributed by atoms with Gasteiger partial charge in [0.2, 0.25) is 0 Å². The minimum Gasteiger partial charge on any atom is -0.392 e. The monoisotopic (exact) mass is 294 g/mol. The summed E-state index contributed by atoms with van der Waals surface area (Å²) in [4.78, 5) is 5.09. The molecule has 2 unspecified atom stereocenters. The molecule has 0 amide bonds. The quantitative estimate of drug-likeness (QED) is 0.908. The second-order valence-corrected chi connectivity index (χ2v) is 6.51. The molecule has 0 aromatic heterocycles. The maximum atomic E-state index is 9.60. The summed E-state index contributed by atoms with van der Waals surface area (Å²) in [5.74, 6) is 0. The molecule has 110 valence electrons. The van der Waals surface area contributed by atoms with E-state index in [0.717, 1.165) is 24.3 Å². The molecule has 20 heavy (non-hydrogen) atoms. The summed E-state index contributed by atoms with van der Waals surface area (Å²) in [6.45, 7) is 5.76. The number of fused-ring (bicyclic) bond motifs is 1. The highest BCUT2D eigenvalue weighted by molar-refractivity contribution is 6.30. The molecule has 3 rings (SSSR count). The van der Waals surface area contributed by atoms with Gasteiger partial charge in [-0.2, -0.15) is 0 Å². The number of nitrogens with zero attached hydrogens (tertiary/aromatic N) is 2. The van der Waals surface area contributed by atoms with Gasteiger partial charge in [0.15, 0.2) is 0 Å². The van der Waals surface area contributed by atoms with Crippen molar-refractivity contribution in [3.8, 4) is 0 Å². The van der Waals surface area contributed by atoms with Crippen molar-refractivity contribution >= 4 is 17.3 Å². The van der Waals surface area contributed by atoms with Gasteiger partial charge in [0.1, 0.15) is 0 Å². The molecule has 2 atom stereocenters. The molecule has 1 aromatic carbocycles. The zero-order valence-corrected chi connectivity index (χ0v) is 12.8. The van der Waals surface area contributed by atoms with E-state index >= 15 is 0 Å². The predicted molar refractivity (Wildman–Crippen MR) is 83.4 cm³/mol. The molecule has 4 heteroatoms. The Morgan fingerprint density at radius 3 is 2.95 bits per heavy atom. The van der Waals surface area contributed by atoms with E-state index in [-0.39, 0.29) is 6.61 Å². The number of piperazine rings is 1. The molecule has 0 bridgehead atoms. The maximum Gasteiger partial charge on any atom is 0.0702 e. The summed E-state index contributed by atoms with van der Waals surface area (Å²) in [5, 5.41) is 10.3. The molecule has 2 heterocycles. The minimum atomic E-state index is 0.0491. The van der Waals surface area contributed by atoms with Crippen LogP contribution < -0.4 is 4.90 Å². The van der Waals surface area contributed by atoms with Crippen LogP contribution in [0.2, 0.25) is 5.02 Å². The van der Waals surface area contributed by atoms with Gasteiger partial charge < -0.3 is 10.0 Å². The molecule has 2 fully saturated rings. The van der Waals surface area contributed by atoms with E-state index in [1.165, 1.54) is 25.8 Å². The summed E-state index contributed by atoms with van der Waals surface area (Å²) in [6.07, 6.45) is 3.98. The average molecular weight is 295 g/mol.